The quantitative estimate of drug-likeness (QED) is 0.705. The Labute approximate surface area is 153 Å². The summed E-state index contributed by atoms with van der Waals surface area (Å²) in [6.45, 7) is 1.98. The zero-order valence-corrected chi connectivity index (χ0v) is 14.9. The van der Waals surface area contributed by atoms with Crippen molar-refractivity contribution in [3.8, 4) is 0 Å². The highest BCUT2D eigenvalue weighted by molar-refractivity contribution is 7.08. The average Bonchev–Trinajstić information content (AvgIpc) is 3.12. The fraction of sp³-hybridized carbons (Fsp3) is 0.333. The van der Waals surface area contributed by atoms with Crippen LogP contribution in [0.1, 0.15) is 47.3 Å². The van der Waals surface area contributed by atoms with Crippen LogP contribution in [0.3, 0.4) is 0 Å². The molecule has 26 heavy (non-hydrogen) atoms. The van der Waals surface area contributed by atoms with Gasteiger partial charge in [0.05, 0.1) is 11.6 Å². The van der Waals surface area contributed by atoms with Gasteiger partial charge in [-0.15, -0.1) is 0 Å². The smallest absolute Gasteiger partial charge is 0.352 e. The van der Waals surface area contributed by atoms with E-state index in [4.69, 9.17) is 0 Å². The van der Waals surface area contributed by atoms with Crippen molar-refractivity contribution in [2.24, 2.45) is 0 Å². The zero-order chi connectivity index (χ0) is 19.2. The molecule has 8 heteroatoms. The maximum absolute atomic E-state index is 12.7. The van der Waals surface area contributed by atoms with Gasteiger partial charge in [0.15, 0.2) is 0 Å². The van der Waals surface area contributed by atoms with Gasteiger partial charge >= 0.3 is 6.18 Å². The molecular formula is C18H19F3N2O2S. The molecule has 1 unspecified atom stereocenters. The third-order valence-corrected chi connectivity index (χ3v) is 4.42. The Hall–Kier alpha value is -2.35. The number of thiophene rings is 1. The summed E-state index contributed by atoms with van der Waals surface area (Å²) in [5, 5.41) is 8.92. The number of benzene rings is 1. The Morgan fingerprint density at radius 1 is 1.23 bits per heavy atom. The van der Waals surface area contributed by atoms with Crippen molar-refractivity contribution < 1.29 is 22.8 Å². The Bertz CT molecular complexity index is 745. The molecule has 0 bridgehead atoms. The second-order valence-electron chi connectivity index (χ2n) is 5.78. The van der Waals surface area contributed by atoms with Gasteiger partial charge in [0.25, 0.3) is 5.91 Å². The predicted octanol–water partition coefficient (Wildman–Crippen LogP) is 4.15. The molecule has 2 amide bonds. The molecule has 0 fully saturated rings. The highest BCUT2D eigenvalue weighted by atomic mass is 32.1. The second kappa shape index (κ2) is 8.84. The van der Waals surface area contributed by atoms with E-state index in [2.05, 4.69) is 10.6 Å². The molecule has 0 saturated heterocycles. The van der Waals surface area contributed by atoms with Gasteiger partial charge < -0.3 is 10.6 Å². The van der Waals surface area contributed by atoms with Crippen molar-refractivity contribution >= 4 is 23.2 Å². The summed E-state index contributed by atoms with van der Waals surface area (Å²) in [4.78, 5) is 23.7. The summed E-state index contributed by atoms with van der Waals surface area (Å²) < 4.78 is 38.2. The summed E-state index contributed by atoms with van der Waals surface area (Å²) >= 11 is 1.42. The van der Waals surface area contributed by atoms with Crippen molar-refractivity contribution in [3.63, 3.8) is 0 Å². The third-order valence-electron chi connectivity index (χ3n) is 3.74. The molecule has 1 heterocycles. The van der Waals surface area contributed by atoms with Crippen LogP contribution < -0.4 is 10.6 Å². The van der Waals surface area contributed by atoms with Gasteiger partial charge in [0, 0.05) is 23.9 Å². The highest BCUT2D eigenvalue weighted by Gasteiger charge is 2.30. The predicted molar refractivity (Wildman–Crippen MR) is 93.9 cm³/mol. The van der Waals surface area contributed by atoms with Crippen LogP contribution in [0.4, 0.5) is 13.2 Å². The van der Waals surface area contributed by atoms with E-state index in [0.29, 0.717) is 24.1 Å². The first-order chi connectivity index (χ1) is 12.3. The van der Waals surface area contributed by atoms with E-state index >= 15 is 0 Å². The van der Waals surface area contributed by atoms with E-state index in [1.807, 2.05) is 0 Å². The number of nitrogens with one attached hydrogen (secondary N) is 2. The van der Waals surface area contributed by atoms with E-state index in [1.54, 1.807) is 29.8 Å². The van der Waals surface area contributed by atoms with E-state index in [0.717, 1.165) is 12.1 Å². The van der Waals surface area contributed by atoms with Crippen molar-refractivity contribution in [1.82, 2.24) is 10.6 Å². The minimum absolute atomic E-state index is 0.174. The molecule has 0 aliphatic heterocycles. The molecule has 2 N–H and O–H groups in total. The van der Waals surface area contributed by atoms with Gasteiger partial charge in [0.1, 0.15) is 0 Å². The molecule has 1 aromatic heterocycles. The summed E-state index contributed by atoms with van der Waals surface area (Å²) in [6.07, 6.45) is -3.80. The minimum atomic E-state index is -4.42. The lowest BCUT2D eigenvalue weighted by Gasteiger charge is -2.16. The lowest BCUT2D eigenvalue weighted by molar-refractivity contribution is -0.137. The van der Waals surface area contributed by atoms with Gasteiger partial charge in [-0.3, -0.25) is 9.59 Å². The second-order valence-corrected chi connectivity index (χ2v) is 6.56. The normalized spacial score (nSPS) is 12.5. The number of halogens is 3. The van der Waals surface area contributed by atoms with Gasteiger partial charge in [-0.1, -0.05) is 12.1 Å². The maximum atomic E-state index is 12.7. The van der Waals surface area contributed by atoms with E-state index in [9.17, 15) is 22.8 Å². The average molecular weight is 384 g/mol. The van der Waals surface area contributed by atoms with Crippen LogP contribution in [0.2, 0.25) is 0 Å². The minimum Gasteiger partial charge on any atom is -0.352 e. The summed E-state index contributed by atoms with van der Waals surface area (Å²) in [7, 11) is 0. The van der Waals surface area contributed by atoms with Gasteiger partial charge in [-0.05, 0) is 42.5 Å². The molecule has 140 valence electrons. The molecule has 1 aromatic carbocycles. The Balaban J connectivity index is 1.76. The molecular weight excluding hydrogens is 365 g/mol. The Morgan fingerprint density at radius 2 is 2.00 bits per heavy atom. The fourth-order valence-electron chi connectivity index (χ4n) is 2.33. The van der Waals surface area contributed by atoms with Crippen LogP contribution in [0, 0.1) is 0 Å². The van der Waals surface area contributed by atoms with E-state index < -0.39 is 17.8 Å². The van der Waals surface area contributed by atoms with Crippen LogP contribution in [-0.4, -0.2) is 18.4 Å². The van der Waals surface area contributed by atoms with Gasteiger partial charge in [-0.25, -0.2) is 0 Å². The Kier molecular flexibility index (Phi) is 6.79. The summed E-state index contributed by atoms with van der Waals surface area (Å²) in [5.74, 6) is -0.469. The molecule has 0 spiro atoms. The first kappa shape index (κ1) is 20.0. The topological polar surface area (TPSA) is 58.2 Å². The van der Waals surface area contributed by atoms with Crippen molar-refractivity contribution in [1.29, 1.82) is 0 Å². The van der Waals surface area contributed by atoms with Crippen molar-refractivity contribution in [2.45, 2.75) is 32.0 Å². The Morgan fingerprint density at radius 3 is 2.65 bits per heavy atom. The molecule has 0 aliphatic carbocycles. The number of hydrogen-bond donors (Lipinski definition) is 2. The van der Waals surface area contributed by atoms with Crippen LogP contribution in [0.25, 0.3) is 0 Å². The number of rotatable bonds is 7. The number of amides is 2. The van der Waals surface area contributed by atoms with Crippen LogP contribution in [0.15, 0.2) is 41.1 Å². The first-order valence-corrected chi connectivity index (χ1v) is 8.98. The standard InChI is InChI=1S/C18H19F3N2O2S/c1-12(13-4-2-5-15(10-13)18(19,20)21)23-16(24)6-3-8-22-17(25)14-7-9-26-11-14/h2,4-5,7,9-12H,3,6,8H2,1H3,(H,22,25)(H,23,24). The monoisotopic (exact) mass is 384 g/mol. The molecule has 2 aromatic rings. The molecule has 0 radical (unpaired) electrons. The van der Waals surface area contributed by atoms with E-state index in [-0.39, 0.29) is 18.2 Å². The largest absolute Gasteiger partial charge is 0.416 e. The van der Waals surface area contributed by atoms with Crippen LogP contribution >= 0.6 is 11.3 Å². The van der Waals surface area contributed by atoms with Crippen molar-refractivity contribution in [3.05, 3.63) is 57.8 Å². The number of alkyl halides is 3. The lowest BCUT2D eigenvalue weighted by Crippen LogP contribution is -2.29. The number of carbonyl (C=O) groups is 2. The molecule has 0 saturated carbocycles. The van der Waals surface area contributed by atoms with Crippen LogP contribution in [-0.2, 0) is 11.0 Å². The third kappa shape index (κ3) is 5.87. The maximum Gasteiger partial charge on any atom is 0.416 e. The number of hydrogen-bond acceptors (Lipinski definition) is 3. The lowest BCUT2D eigenvalue weighted by atomic mass is 10.0. The highest BCUT2D eigenvalue weighted by Crippen LogP contribution is 2.30. The zero-order valence-electron chi connectivity index (χ0n) is 14.1. The van der Waals surface area contributed by atoms with Gasteiger partial charge in [0.2, 0.25) is 5.91 Å². The van der Waals surface area contributed by atoms with E-state index in [1.165, 1.54) is 17.4 Å². The molecule has 1 atom stereocenters. The SMILES string of the molecule is CC(NC(=O)CCCNC(=O)c1ccsc1)c1cccc(C(F)(F)F)c1. The van der Waals surface area contributed by atoms with Crippen LogP contribution in [0.5, 0.6) is 0 Å². The molecule has 0 aliphatic rings. The summed E-state index contributed by atoms with van der Waals surface area (Å²) in [5.41, 5.74) is 0.226. The summed E-state index contributed by atoms with van der Waals surface area (Å²) in [6, 6.07) is 6.07. The molecule has 4 nitrogen and oxygen atoms in total. The van der Waals surface area contributed by atoms with Crippen molar-refractivity contribution in [2.75, 3.05) is 6.54 Å². The molecule has 2 rings (SSSR count). The number of carbonyl (C=O) groups excluding carboxylic acids is 2. The van der Waals surface area contributed by atoms with Gasteiger partial charge in [-0.2, -0.15) is 24.5 Å². The fourth-order valence-corrected chi connectivity index (χ4v) is 2.96. The first-order valence-electron chi connectivity index (χ1n) is 8.04.